The molecule has 1 fully saturated rings. The molecule has 6 heteroatoms. The lowest BCUT2D eigenvalue weighted by Crippen LogP contribution is -2.44. The molecular formula is C28H45NO4Si. The maximum absolute atomic E-state index is 10.8. The molecule has 0 bridgehead atoms. The Morgan fingerprint density at radius 1 is 1.15 bits per heavy atom. The predicted octanol–water partition coefficient (Wildman–Crippen LogP) is 6.31. The first kappa shape index (κ1) is 26.0. The molecule has 1 saturated heterocycles. The van der Waals surface area contributed by atoms with Crippen LogP contribution in [-0.4, -0.2) is 44.8 Å². The zero-order valence-corrected chi connectivity index (χ0v) is 23.4. The van der Waals surface area contributed by atoms with Crippen molar-refractivity contribution >= 4 is 13.9 Å². The maximum Gasteiger partial charge on any atom is 0.192 e. The van der Waals surface area contributed by atoms with Gasteiger partial charge in [-0.3, -0.25) is 4.98 Å². The predicted molar refractivity (Wildman–Crippen MR) is 139 cm³/mol. The minimum Gasteiger partial charge on any atom is -0.410 e. The molecule has 0 aromatic carbocycles. The van der Waals surface area contributed by atoms with Crippen molar-refractivity contribution in [2.45, 2.75) is 103 Å². The van der Waals surface area contributed by atoms with Gasteiger partial charge in [0.15, 0.2) is 8.32 Å². The van der Waals surface area contributed by atoms with Gasteiger partial charge >= 0.3 is 0 Å². The van der Waals surface area contributed by atoms with Gasteiger partial charge < -0.3 is 19.0 Å². The number of aliphatic hydroxyl groups excluding tert-OH is 1. The SMILES string of the molecule is CC1(C)Cc2nc(C3CCOCC3)c(CO)c(C3=CCOCC3)c2C(O[Si](C)(C)C(C)(C)C)C1. The minimum absolute atomic E-state index is 0.0000688. The highest BCUT2D eigenvalue weighted by molar-refractivity contribution is 6.74. The summed E-state index contributed by atoms with van der Waals surface area (Å²) in [5, 5.41) is 10.9. The summed E-state index contributed by atoms with van der Waals surface area (Å²) in [6.45, 7) is 19.2. The second kappa shape index (κ2) is 9.77. The third kappa shape index (κ3) is 5.22. The summed E-state index contributed by atoms with van der Waals surface area (Å²) in [4.78, 5) is 5.36. The van der Waals surface area contributed by atoms with Gasteiger partial charge in [-0.2, -0.15) is 0 Å². The highest BCUT2D eigenvalue weighted by atomic mass is 28.4. The minimum atomic E-state index is -2.02. The van der Waals surface area contributed by atoms with Gasteiger partial charge in [0.2, 0.25) is 0 Å². The molecule has 34 heavy (non-hydrogen) atoms. The smallest absolute Gasteiger partial charge is 0.192 e. The molecule has 1 aliphatic carbocycles. The molecule has 2 aliphatic heterocycles. The Bertz CT molecular complexity index is 925. The molecule has 0 amide bonds. The van der Waals surface area contributed by atoms with Crippen molar-refractivity contribution in [2.24, 2.45) is 5.41 Å². The van der Waals surface area contributed by atoms with Crippen LogP contribution in [0.2, 0.25) is 18.1 Å². The van der Waals surface area contributed by atoms with Crippen LogP contribution >= 0.6 is 0 Å². The Balaban J connectivity index is 1.93. The van der Waals surface area contributed by atoms with Crippen molar-refractivity contribution in [3.05, 3.63) is 34.2 Å². The van der Waals surface area contributed by atoms with E-state index in [0.29, 0.717) is 12.5 Å². The first-order chi connectivity index (χ1) is 15.9. The summed E-state index contributed by atoms with van der Waals surface area (Å²) < 4.78 is 18.5. The molecule has 0 radical (unpaired) electrons. The molecule has 0 spiro atoms. The molecule has 0 saturated carbocycles. The summed E-state index contributed by atoms with van der Waals surface area (Å²) in [7, 11) is -2.02. The van der Waals surface area contributed by atoms with E-state index in [4.69, 9.17) is 18.9 Å². The lowest BCUT2D eigenvalue weighted by atomic mass is 9.71. The van der Waals surface area contributed by atoms with Gasteiger partial charge in [0.1, 0.15) is 0 Å². The molecule has 190 valence electrons. The van der Waals surface area contributed by atoms with E-state index in [0.717, 1.165) is 63.2 Å². The third-order valence-corrected chi connectivity index (χ3v) is 12.9. The van der Waals surface area contributed by atoms with Crippen molar-refractivity contribution in [1.29, 1.82) is 0 Å². The number of rotatable bonds is 5. The summed E-state index contributed by atoms with van der Waals surface area (Å²) in [5.74, 6) is 0.338. The van der Waals surface area contributed by atoms with E-state index in [9.17, 15) is 5.11 Å². The van der Waals surface area contributed by atoms with Crippen molar-refractivity contribution in [1.82, 2.24) is 4.98 Å². The molecule has 1 N–H and O–H groups in total. The first-order valence-corrected chi connectivity index (χ1v) is 16.0. The Morgan fingerprint density at radius 2 is 1.85 bits per heavy atom. The summed E-state index contributed by atoms with van der Waals surface area (Å²) in [6.07, 6.45) is 6.94. The number of hydrogen-bond acceptors (Lipinski definition) is 5. The van der Waals surface area contributed by atoms with Crippen LogP contribution < -0.4 is 0 Å². The quantitative estimate of drug-likeness (QED) is 0.493. The normalized spacial score (nSPS) is 24.0. The Kier molecular flexibility index (Phi) is 7.48. The van der Waals surface area contributed by atoms with Crippen molar-refractivity contribution in [2.75, 3.05) is 26.4 Å². The van der Waals surface area contributed by atoms with Gasteiger partial charge in [0.25, 0.3) is 0 Å². The summed E-state index contributed by atoms with van der Waals surface area (Å²) in [5.41, 5.74) is 7.17. The fraction of sp³-hybridized carbons (Fsp3) is 0.750. The average Bonchev–Trinajstić information content (AvgIpc) is 2.77. The van der Waals surface area contributed by atoms with Crippen LogP contribution in [0.15, 0.2) is 6.08 Å². The van der Waals surface area contributed by atoms with E-state index in [1.165, 1.54) is 22.4 Å². The Morgan fingerprint density at radius 3 is 2.44 bits per heavy atom. The van der Waals surface area contributed by atoms with Crippen LogP contribution in [0.25, 0.3) is 5.57 Å². The molecule has 3 aliphatic rings. The number of aliphatic hydroxyl groups is 1. The fourth-order valence-corrected chi connectivity index (χ4v) is 6.81. The lowest BCUT2D eigenvalue weighted by Gasteiger charge is -2.45. The van der Waals surface area contributed by atoms with Crippen LogP contribution in [0, 0.1) is 5.41 Å². The molecule has 1 aromatic rings. The van der Waals surface area contributed by atoms with Gasteiger partial charge in [-0.1, -0.05) is 40.7 Å². The van der Waals surface area contributed by atoms with E-state index in [2.05, 4.69) is 53.8 Å². The second-order valence-electron chi connectivity index (χ2n) is 12.7. The van der Waals surface area contributed by atoms with Gasteiger partial charge in [0.05, 0.1) is 31.6 Å². The Labute approximate surface area is 207 Å². The Hall–Kier alpha value is -1.05. The highest BCUT2D eigenvalue weighted by Crippen LogP contribution is 2.50. The summed E-state index contributed by atoms with van der Waals surface area (Å²) in [6, 6.07) is 0. The number of aromatic nitrogens is 1. The van der Waals surface area contributed by atoms with Crippen molar-refractivity contribution in [3.8, 4) is 0 Å². The average molecular weight is 488 g/mol. The first-order valence-electron chi connectivity index (χ1n) is 13.1. The van der Waals surface area contributed by atoms with Crippen LogP contribution in [0.3, 0.4) is 0 Å². The van der Waals surface area contributed by atoms with Gasteiger partial charge in [-0.05, 0) is 66.8 Å². The van der Waals surface area contributed by atoms with Gasteiger partial charge in [0, 0.05) is 36.0 Å². The van der Waals surface area contributed by atoms with Crippen LogP contribution in [-0.2, 0) is 26.9 Å². The molecule has 3 heterocycles. The number of fused-ring (bicyclic) bond motifs is 1. The zero-order chi connectivity index (χ0) is 24.7. The number of pyridine rings is 1. The largest absolute Gasteiger partial charge is 0.410 e. The van der Waals surface area contributed by atoms with Crippen LogP contribution in [0.4, 0.5) is 0 Å². The molecule has 5 nitrogen and oxygen atoms in total. The number of nitrogens with zero attached hydrogens (tertiary/aromatic N) is 1. The fourth-order valence-electron chi connectivity index (χ4n) is 5.54. The zero-order valence-electron chi connectivity index (χ0n) is 22.4. The third-order valence-electron chi connectivity index (χ3n) is 8.45. The van der Waals surface area contributed by atoms with Crippen LogP contribution in [0.1, 0.15) is 100 Å². The molecule has 1 atom stereocenters. The topological polar surface area (TPSA) is 60.8 Å². The van der Waals surface area contributed by atoms with Crippen molar-refractivity contribution < 1.29 is 19.0 Å². The van der Waals surface area contributed by atoms with E-state index in [1.807, 2.05) is 0 Å². The molecule has 1 aromatic heterocycles. The van der Waals surface area contributed by atoms with Gasteiger partial charge in [-0.15, -0.1) is 0 Å². The van der Waals surface area contributed by atoms with Crippen molar-refractivity contribution in [3.63, 3.8) is 0 Å². The van der Waals surface area contributed by atoms with E-state index < -0.39 is 8.32 Å². The van der Waals surface area contributed by atoms with Crippen LogP contribution in [0.5, 0.6) is 0 Å². The summed E-state index contributed by atoms with van der Waals surface area (Å²) >= 11 is 0. The van der Waals surface area contributed by atoms with E-state index >= 15 is 0 Å². The molecule has 1 unspecified atom stereocenters. The molecular weight excluding hydrogens is 442 g/mol. The maximum atomic E-state index is 10.8. The molecule has 4 rings (SSSR count). The number of ether oxygens (including phenoxy) is 2. The van der Waals surface area contributed by atoms with E-state index in [1.54, 1.807) is 0 Å². The second-order valence-corrected chi connectivity index (χ2v) is 17.5. The monoisotopic (exact) mass is 487 g/mol. The highest BCUT2D eigenvalue weighted by Gasteiger charge is 2.44. The van der Waals surface area contributed by atoms with E-state index in [-0.39, 0.29) is 23.2 Å². The lowest BCUT2D eigenvalue weighted by molar-refractivity contribution is 0.0832. The van der Waals surface area contributed by atoms with Gasteiger partial charge in [-0.25, -0.2) is 0 Å². The number of hydrogen-bond donors (Lipinski definition) is 1. The standard InChI is InChI=1S/C28H45NO4Si/c1-27(2,3)34(6,7)33-23-17-28(4,5)16-22-25(23)24(19-8-12-31-13-9-19)21(18-30)26(29-22)20-10-14-32-15-11-20/h8,20,23,30H,9-18H2,1-7H3.